The van der Waals surface area contributed by atoms with Crippen LogP contribution >= 0.6 is 27.3 Å². The zero-order valence-electron chi connectivity index (χ0n) is 13.9. The summed E-state index contributed by atoms with van der Waals surface area (Å²) in [6.07, 6.45) is 0.384. The highest BCUT2D eigenvalue weighted by atomic mass is 79.9. The number of benzene rings is 2. The predicted molar refractivity (Wildman–Crippen MR) is 105 cm³/mol. The molecule has 1 atom stereocenters. The highest BCUT2D eigenvalue weighted by Crippen LogP contribution is 2.47. The average Bonchev–Trinajstić information content (AvgIpc) is 3.04. The van der Waals surface area contributed by atoms with E-state index >= 15 is 0 Å². The van der Waals surface area contributed by atoms with Crippen LogP contribution in [-0.2, 0) is 4.79 Å². The fourth-order valence-electron chi connectivity index (χ4n) is 3.26. The van der Waals surface area contributed by atoms with Gasteiger partial charge in [0.15, 0.2) is 0 Å². The minimum Gasteiger partial charge on any atom is -0.496 e. The van der Waals surface area contributed by atoms with Crippen molar-refractivity contribution < 1.29 is 13.9 Å². The molecule has 0 bridgehead atoms. The predicted octanol–water partition coefficient (Wildman–Crippen LogP) is 5.80. The molecule has 0 spiro atoms. The standard InChI is InChI=1S/C20H15BrFNO2S/c1-25-17-6-5-12(8-16(17)21)14-9-18(24)23-19-15(10-26-20(14)19)11-3-2-4-13(22)7-11/h2-8,10,14H,9H2,1H3,(H,23,24)/t14-/m1/s1. The number of ether oxygens (including phenoxy) is 1. The normalized spacial score (nSPS) is 16.1. The minimum absolute atomic E-state index is 0.0340. The van der Waals surface area contributed by atoms with E-state index in [2.05, 4.69) is 21.2 Å². The van der Waals surface area contributed by atoms with E-state index in [0.717, 1.165) is 37.5 Å². The lowest BCUT2D eigenvalue weighted by atomic mass is 9.89. The molecule has 26 heavy (non-hydrogen) atoms. The Morgan fingerprint density at radius 1 is 1.27 bits per heavy atom. The van der Waals surface area contributed by atoms with Gasteiger partial charge in [-0.3, -0.25) is 4.79 Å². The lowest BCUT2D eigenvalue weighted by Gasteiger charge is -2.24. The average molecular weight is 432 g/mol. The van der Waals surface area contributed by atoms with Crippen molar-refractivity contribution in [2.45, 2.75) is 12.3 Å². The summed E-state index contributed by atoms with van der Waals surface area (Å²) in [4.78, 5) is 13.4. The molecular weight excluding hydrogens is 417 g/mol. The van der Waals surface area contributed by atoms with Crippen molar-refractivity contribution in [3.05, 3.63) is 68.6 Å². The van der Waals surface area contributed by atoms with Crippen LogP contribution in [0.5, 0.6) is 5.75 Å². The lowest BCUT2D eigenvalue weighted by molar-refractivity contribution is -0.116. The maximum absolute atomic E-state index is 13.6. The Labute approximate surface area is 162 Å². The van der Waals surface area contributed by atoms with Crippen molar-refractivity contribution in [1.29, 1.82) is 0 Å². The van der Waals surface area contributed by atoms with E-state index in [9.17, 15) is 9.18 Å². The highest BCUT2D eigenvalue weighted by Gasteiger charge is 2.30. The van der Waals surface area contributed by atoms with Crippen LogP contribution in [0.25, 0.3) is 11.1 Å². The summed E-state index contributed by atoms with van der Waals surface area (Å²) in [7, 11) is 1.62. The van der Waals surface area contributed by atoms with Crippen LogP contribution in [0.2, 0.25) is 0 Å². The van der Waals surface area contributed by atoms with Gasteiger partial charge in [0, 0.05) is 28.2 Å². The first-order valence-electron chi connectivity index (χ1n) is 8.07. The van der Waals surface area contributed by atoms with Crippen molar-refractivity contribution in [1.82, 2.24) is 0 Å². The number of nitrogens with one attached hydrogen (secondary N) is 1. The molecule has 132 valence electrons. The number of rotatable bonds is 3. The fraction of sp³-hybridized carbons (Fsp3) is 0.150. The van der Waals surface area contributed by atoms with Gasteiger partial charge in [-0.05, 0) is 51.3 Å². The molecular formula is C20H15BrFNO2S. The summed E-state index contributed by atoms with van der Waals surface area (Å²) < 4.78 is 19.8. The Kier molecular flexibility index (Phi) is 4.54. The van der Waals surface area contributed by atoms with Gasteiger partial charge >= 0.3 is 0 Å². The van der Waals surface area contributed by atoms with Crippen LogP contribution in [0.1, 0.15) is 22.8 Å². The molecule has 0 saturated heterocycles. The Morgan fingerprint density at radius 3 is 2.85 bits per heavy atom. The highest BCUT2D eigenvalue weighted by molar-refractivity contribution is 9.10. The van der Waals surface area contributed by atoms with E-state index in [1.165, 1.54) is 12.1 Å². The first-order valence-corrected chi connectivity index (χ1v) is 9.74. The SMILES string of the molecule is COc1ccc([C@H]2CC(=O)Nc3c(-c4cccc(F)c4)csc32)cc1Br. The number of carbonyl (C=O) groups excluding carboxylic acids is 1. The zero-order chi connectivity index (χ0) is 18.3. The summed E-state index contributed by atoms with van der Waals surface area (Å²) in [6, 6.07) is 12.3. The molecule has 6 heteroatoms. The summed E-state index contributed by atoms with van der Waals surface area (Å²) in [5.41, 5.74) is 3.45. The third-order valence-corrected chi connectivity index (χ3v) is 6.22. The number of amides is 1. The molecule has 1 aromatic heterocycles. The van der Waals surface area contributed by atoms with Crippen molar-refractivity contribution in [2.75, 3.05) is 12.4 Å². The molecule has 1 N–H and O–H groups in total. The molecule has 3 nitrogen and oxygen atoms in total. The van der Waals surface area contributed by atoms with Gasteiger partial charge in [0.25, 0.3) is 0 Å². The molecule has 1 aliphatic rings. The number of fused-ring (bicyclic) bond motifs is 1. The molecule has 0 unspecified atom stereocenters. The van der Waals surface area contributed by atoms with Crippen molar-refractivity contribution in [3.8, 4) is 16.9 Å². The van der Waals surface area contributed by atoms with Crippen molar-refractivity contribution in [2.24, 2.45) is 0 Å². The molecule has 1 amide bonds. The van der Waals surface area contributed by atoms with E-state index in [0.29, 0.717) is 6.42 Å². The third kappa shape index (κ3) is 3.04. The Balaban J connectivity index is 1.80. The number of anilines is 1. The van der Waals surface area contributed by atoms with Gasteiger partial charge in [-0.1, -0.05) is 18.2 Å². The molecule has 2 aromatic carbocycles. The molecule has 3 aromatic rings. The molecule has 4 rings (SSSR count). The molecule has 0 fully saturated rings. The van der Waals surface area contributed by atoms with Crippen LogP contribution in [0, 0.1) is 5.82 Å². The summed E-state index contributed by atoms with van der Waals surface area (Å²) in [5.74, 6) is 0.389. The molecule has 0 saturated carbocycles. The second-order valence-electron chi connectivity index (χ2n) is 6.10. The first kappa shape index (κ1) is 17.2. The third-order valence-electron chi connectivity index (χ3n) is 4.50. The number of carbonyl (C=O) groups is 1. The summed E-state index contributed by atoms with van der Waals surface area (Å²) in [5, 5.41) is 4.96. The van der Waals surface area contributed by atoms with Gasteiger partial charge in [-0.25, -0.2) is 4.39 Å². The first-order chi connectivity index (χ1) is 12.6. The van der Waals surface area contributed by atoms with Gasteiger partial charge in [0.2, 0.25) is 5.91 Å². The van der Waals surface area contributed by atoms with Crippen molar-refractivity contribution >= 4 is 38.9 Å². The van der Waals surface area contributed by atoms with E-state index in [4.69, 9.17) is 4.74 Å². The number of hydrogen-bond acceptors (Lipinski definition) is 3. The van der Waals surface area contributed by atoms with E-state index in [-0.39, 0.29) is 17.6 Å². The molecule has 0 aliphatic carbocycles. The van der Waals surface area contributed by atoms with Crippen LogP contribution < -0.4 is 10.1 Å². The van der Waals surface area contributed by atoms with E-state index < -0.39 is 0 Å². The van der Waals surface area contributed by atoms with Gasteiger partial charge < -0.3 is 10.1 Å². The van der Waals surface area contributed by atoms with E-state index in [1.54, 1.807) is 24.5 Å². The second-order valence-corrected chi connectivity index (χ2v) is 7.86. The largest absolute Gasteiger partial charge is 0.496 e. The Hall–Kier alpha value is -2.18. The number of thiophene rings is 1. The Bertz CT molecular complexity index is 1000. The quantitative estimate of drug-likeness (QED) is 0.568. The maximum atomic E-state index is 13.6. The summed E-state index contributed by atoms with van der Waals surface area (Å²) >= 11 is 5.10. The maximum Gasteiger partial charge on any atom is 0.225 e. The van der Waals surface area contributed by atoms with E-state index in [1.807, 2.05) is 29.6 Å². The van der Waals surface area contributed by atoms with Crippen LogP contribution in [0.3, 0.4) is 0 Å². The van der Waals surface area contributed by atoms with Gasteiger partial charge in [-0.15, -0.1) is 11.3 Å². The van der Waals surface area contributed by atoms with Gasteiger partial charge in [0.1, 0.15) is 11.6 Å². The lowest BCUT2D eigenvalue weighted by Crippen LogP contribution is -2.22. The van der Waals surface area contributed by atoms with Crippen LogP contribution in [-0.4, -0.2) is 13.0 Å². The zero-order valence-corrected chi connectivity index (χ0v) is 16.3. The molecule has 2 heterocycles. The monoisotopic (exact) mass is 431 g/mol. The Morgan fingerprint density at radius 2 is 2.12 bits per heavy atom. The van der Waals surface area contributed by atoms with Gasteiger partial charge in [0.05, 0.1) is 17.3 Å². The fourth-order valence-corrected chi connectivity index (χ4v) is 4.98. The van der Waals surface area contributed by atoms with Gasteiger partial charge in [-0.2, -0.15) is 0 Å². The molecule has 1 aliphatic heterocycles. The number of methoxy groups -OCH3 is 1. The number of hydrogen-bond donors (Lipinski definition) is 1. The number of halogens is 2. The summed E-state index contributed by atoms with van der Waals surface area (Å²) in [6.45, 7) is 0. The van der Waals surface area contributed by atoms with Crippen molar-refractivity contribution in [3.63, 3.8) is 0 Å². The molecule has 0 radical (unpaired) electrons. The van der Waals surface area contributed by atoms with Crippen LogP contribution in [0.4, 0.5) is 10.1 Å². The minimum atomic E-state index is -0.291. The topological polar surface area (TPSA) is 38.3 Å². The second kappa shape index (κ2) is 6.85. The van der Waals surface area contributed by atoms with Crippen LogP contribution in [0.15, 0.2) is 52.3 Å². The smallest absolute Gasteiger partial charge is 0.225 e.